The summed E-state index contributed by atoms with van der Waals surface area (Å²) in [5.41, 5.74) is 0.739. The minimum atomic E-state index is -4.11. The van der Waals surface area contributed by atoms with Crippen LogP contribution in [-0.2, 0) is 20.2 Å². The average molecular weight is 793 g/mol. The number of carbonyl (C=O) groups is 2. The van der Waals surface area contributed by atoms with Crippen molar-refractivity contribution in [3.8, 4) is 11.5 Å². The van der Waals surface area contributed by atoms with Gasteiger partial charge in [0.1, 0.15) is 21.3 Å². The number of fused-ring (bicyclic) bond motifs is 2. The predicted molar refractivity (Wildman–Crippen MR) is 216 cm³/mol. The number of amides is 4. The Kier molecular flexibility index (Phi) is 11.4. The van der Waals surface area contributed by atoms with Crippen molar-refractivity contribution in [3.05, 3.63) is 133 Å². The topological polar surface area (TPSA) is 169 Å². The molecule has 0 saturated heterocycles. The molecular weight excluding hydrogens is 753 g/mol. The second-order valence-electron chi connectivity index (χ2n) is 13.7. The third-order valence-electron chi connectivity index (χ3n) is 9.61. The molecule has 1 aliphatic rings. The third kappa shape index (κ3) is 9.75. The zero-order chi connectivity index (χ0) is 39.1. The van der Waals surface area contributed by atoms with E-state index >= 15 is 0 Å². The van der Waals surface area contributed by atoms with Gasteiger partial charge in [-0.25, -0.2) is 9.59 Å². The number of benzene rings is 6. The summed E-state index contributed by atoms with van der Waals surface area (Å²) in [5.74, 6) is 0.524. The molecule has 12 nitrogen and oxygen atoms in total. The highest BCUT2D eigenvalue weighted by Gasteiger charge is 2.24. The molecule has 14 heteroatoms. The molecule has 288 valence electrons. The number of carbonyl (C=O) groups excluding carboxylic acids is 2. The Balaban J connectivity index is 0.852. The molecule has 2 unspecified atom stereocenters. The van der Waals surface area contributed by atoms with E-state index in [2.05, 4.69) is 21.3 Å². The van der Waals surface area contributed by atoms with Gasteiger partial charge < -0.3 is 29.6 Å². The SMILES string of the molecule is O=C(NCC1CCCC(CNC(=O)Nc2cccc(OS(=O)(=O)c3ccc4ccccc4c3)c2)C1)Nc1cccc(OS(=O)(=O)c2ccc3ccccc3c2)c1. The zero-order valence-electron chi connectivity index (χ0n) is 30.2. The van der Waals surface area contributed by atoms with Gasteiger partial charge >= 0.3 is 32.3 Å². The van der Waals surface area contributed by atoms with Gasteiger partial charge in [0.2, 0.25) is 0 Å². The van der Waals surface area contributed by atoms with Crippen molar-refractivity contribution in [2.75, 3.05) is 23.7 Å². The molecule has 1 aliphatic carbocycles. The van der Waals surface area contributed by atoms with Gasteiger partial charge in [0.15, 0.2) is 0 Å². The third-order valence-corrected chi connectivity index (χ3v) is 12.1. The summed E-state index contributed by atoms with van der Waals surface area (Å²) in [6, 6.07) is 35.9. The van der Waals surface area contributed by atoms with Crippen LogP contribution in [0.25, 0.3) is 21.5 Å². The minimum Gasteiger partial charge on any atom is -0.379 e. The molecule has 0 radical (unpaired) electrons. The number of nitrogens with one attached hydrogen (secondary N) is 4. The Morgan fingerprint density at radius 2 is 0.946 bits per heavy atom. The van der Waals surface area contributed by atoms with E-state index in [0.717, 1.165) is 47.2 Å². The molecule has 2 atom stereocenters. The lowest BCUT2D eigenvalue weighted by atomic mass is 9.81. The van der Waals surface area contributed by atoms with E-state index in [1.807, 2.05) is 48.5 Å². The molecule has 4 N–H and O–H groups in total. The van der Waals surface area contributed by atoms with Gasteiger partial charge in [-0.3, -0.25) is 0 Å². The van der Waals surface area contributed by atoms with Crippen LogP contribution in [0.3, 0.4) is 0 Å². The van der Waals surface area contributed by atoms with Gasteiger partial charge in [-0.2, -0.15) is 16.8 Å². The minimum absolute atomic E-state index is 0.0256. The molecule has 1 saturated carbocycles. The molecule has 6 aromatic carbocycles. The van der Waals surface area contributed by atoms with Gasteiger partial charge in [0.05, 0.1) is 0 Å². The fourth-order valence-corrected chi connectivity index (χ4v) is 8.76. The molecule has 0 aliphatic heterocycles. The van der Waals surface area contributed by atoms with Crippen LogP contribution in [-0.4, -0.2) is 42.0 Å². The highest BCUT2D eigenvalue weighted by atomic mass is 32.2. The van der Waals surface area contributed by atoms with Crippen LogP contribution < -0.4 is 29.6 Å². The summed E-state index contributed by atoms with van der Waals surface area (Å²) >= 11 is 0. The van der Waals surface area contributed by atoms with Crippen molar-refractivity contribution in [1.82, 2.24) is 10.6 Å². The van der Waals surface area contributed by atoms with E-state index in [0.29, 0.717) is 24.5 Å². The smallest absolute Gasteiger partial charge is 0.339 e. The van der Waals surface area contributed by atoms with E-state index < -0.39 is 32.3 Å². The summed E-state index contributed by atoms with van der Waals surface area (Å²) in [7, 11) is -8.22. The van der Waals surface area contributed by atoms with Crippen molar-refractivity contribution in [1.29, 1.82) is 0 Å². The largest absolute Gasteiger partial charge is 0.379 e. The molecule has 56 heavy (non-hydrogen) atoms. The first kappa shape index (κ1) is 38.2. The normalized spacial score (nSPS) is 15.8. The second kappa shape index (κ2) is 16.7. The van der Waals surface area contributed by atoms with Crippen molar-refractivity contribution < 1.29 is 34.8 Å². The maximum Gasteiger partial charge on any atom is 0.339 e. The van der Waals surface area contributed by atoms with Crippen molar-refractivity contribution in [2.24, 2.45) is 11.8 Å². The first-order chi connectivity index (χ1) is 27.0. The fourth-order valence-electron chi connectivity index (χ4n) is 6.84. The van der Waals surface area contributed by atoms with Crippen LogP contribution in [0.15, 0.2) is 143 Å². The lowest BCUT2D eigenvalue weighted by molar-refractivity contribution is 0.230. The summed E-state index contributed by atoms with van der Waals surface area (Å²) in [6.07, 6.45) is 3.59. The Morgan fingerprint density at radius 1 is 0.518 bits per heavy atom. The van der Waals surface area contributed by atoms with Gasteiger partial charge in [-0.1, -0.05) is 79.2 Å². The molecular formula is C42H40N4O8S2. The number of anilines is 2. The first-order valence-corrected chi connectivity index (χ1v) is 21.0. The van der Waals surface area contributed by atoms with Crippen LogP contribution in [0.5, 0.6) is 11.5 Å². The van der Waals surface area contributed by atoms with E-state index in [-0.39, 0.29) is 33.1 Å². The van der Waals surface area contributed by atoms with Gasteiger partial charge in [-0.05, 0) is 101 Å². The molecule has 6 aromatic rings. The number of hydrogen-bond donors (Lipinski definition) is 4. The average Bonchev–Trinajstić information content (AvgIpc) is 3.19. The van der Waals surface area contributed by atoms with Crippen LogP contribution in [0.1, 0.15) is 25.7 Å². The van der Waals surface area contributed by atoms with Crippen molar-refractivity contribution in [2.45, 2.75) is 35.5 Å². The summed E-state index contributed by atoms with van der Waals surface area (Å²) in [5, 5.41) is 14.7. The highest BCUT2D eigenvalue weighted by molar-refractivity contribution is 7.87. The molecule has 7 rings (SSSR count). The highest BCUT2D eigenvalue weighted by Crippen LogP contribution is 2.29. The second-order valence-corrected chi connectivity index (χ2v) is 16.8. The molecule has 0 heterocycles. The number of rotatable bonds is 12. The number of hydrogen-bond acceptors (Lipinski definition) is 8. The zero-order valence-corrected chi connectivity index (χ0v) is 31.8. The summed E-state index contributed by atoms with van der Waals surface area (Å²) in [6.45, 7) is 0.853. The maximum absolute atomic E-state index is 13.0. The van der Waals surface area contributed by atoms with Crippen molar-refractivity contribution in [3.63, 3.8) is 0 Å². The number of urea groups is 2. The van der Waals surface area contributed by atoms with Gasteiger partial charge in [-0.15, -0.1) is 0 Å². The first-order valence-electron chi connectivity index (χ1n) is 18.2. The predicted octanol–water partition coefficient (Wildman–Crippen LogP) is 8.28. The fraction of sp³-hybridized carbons (Fsp3) is 0.190. The molecule has 0 spiro atoms. The van der Waals surface area contributed by atoms with Crippen LogP contribution in [0.4, 0.5) is 21.0 Å². The van der Waals surface area contributed by atoms with Crippen molar-refractivity contribution >= 4 is 65.2 Å². The van der Waals surface area contributed by atoms with E-state index in [9.17, 15) is 26.4 Å². The molecule has 0 aromatic heterocycles. The van der Waals surface area contributed by atoms with E-state index in [1.54, 1.807) is 48.5 Å². The van der Waals surface area contributed by atoms with E-state index in [1.165, 1.54) is 36.4 Å². The van der Waals surface area contributed by atoms with E-state index in [4.69, 9.17) is 8.37 Å². The Hall–Kier alpha value is -6.12. The monoisotopic (exact) mass is 792 g/mol. The van der Waals surface area contributed by atoms with Gasteiger partial charge in [0.25, 0.3) is 0 Å². The summed E-state index contributed by atoms with van der Waals surface area (Å²) in [4.78, 5) is 25.6. The Morgan fingerprint density at radius 3 is 1.39 bits per heavy atom. The Bertz CT molecular complexity index is 2440. The molecule has 4 amide bonds. The standard InChI is InChI=1S/C42H40N4O8S2/c47-41(45-35-14-6-16-37(25-35)53-55(49,50)39-20-18-31-10-1-3-12-33(31)23-39)43-27-29-8-5-9-30(22-29)28-44-42(48)46-36-15-7-17-38(26-36)54-56(51,52)40-21-19-32-11-2-4-13-34(32)24-40/h1-4,6-7,10-21,23-26,29-30H,5,8-9,22,27-28H2,(H2,43,45,47)(H2,44,46,48). The maximum atomic E-state index is 13.0. The molecule has 0 bridgehead atoms. The lowest BCUT2D eigenvalue weighted by Gasteiger charge is -2.29. The molecule has 1 fully saturated rings. The van der Waals surface area contributed by atoms with Crippen LogP contribution in [0.2, 0.25) is 0 Å². The van der Waals surface area contributed by atoms with Gasteiger partial charge in [0, 0.05) is 36.6 Å². The quantitative estimate of drug-likeness (QED) is 0.0898. The summed E-state index contributed by atoms with van der Waals surface area (Å²) < 4.78 is 62.8. The van der Waals surface area contributed by atoms with Crippen LogP contribution in [0, 0.1) is 11.8 Å². The Labute approximate surface area is 325 Å². The van der Waals surface area contributed by atoms with Crippen LogP contribution >= 0.6 is 0 Å². The lowest BCUT2D eigenvalue weighted by Crippen LogP contribution is -2.38.